The molecule has 1 aromatic carbocycles. The van der Waals surface area contributed by atoms with Gasteiger partial charge in [-0.25, -0.2) is 4.68 Å². The van der Waals surface area contributed by atoms with E-state index in [9.17, 15) is 9.59 Å². The highest BCUT2D eigenvalue weighted by Crippen LogP contribution is 2.04. The van der Waals surface area contributed by atoms with Crippen molar-refractivity contribution in [2.24, 2.45) is 0 Å². The van der Waals surface area contributed by atoms with Gasteiger partial charge in [-0.05, 0) is 17.7 Å². The van der Waals surface area contributed by atoms with Crippen LogP contribution in [0.4, 0.5) is 0 Å². The van der Waals surface area contributed by atoms with Crippen LogP contribution in [0, 0.1) is 11.8 Å². The van der Waals surface area contributed by atoms with Crippen LogP contribution in [0.3, 0.4) is 0 Å². The second kappa shape index (κ2) is 5.85. The van der Waals surface area contributed by atoms with E-state index >= 15 is 0 Å². The highest BCUT2D eigenvalue weighted by Gasteiger charge is 1.99. The molecule has 1 aromatic heterocycles. The van der Waals surface area contributed by atoms with Crippen LogP contribution in [0.25, 0.3) is 0 Å². The highest BCUT2D eigenvalue weighted by atomic mass is 16.2. The zero-order valence-corrected chi connectivity index (χ0v) is 10.1. The lowest BCUT2D eigenvalue weighted by molar-refractivity contribution is 0.350. The van der Waals surface area contributed by atoms with E-state index < -0.39 is 0 Å². The van der Waals surface area contributed by atoms with E-state index in [-0.39, 0.29) is 24.3 Å². The summed E-state index contributed by atoms with van der Waals surface area (Å²) in [5.74, 6) is 5.34. The fourth-order valence-corrected chi connectivity index (χ4v) is 1.65. The van der Waals surface area contributed by atoms with Gasteiger partial charge in [-0.15, -0.1) is 0 Å². The molecule has 0 radical (unpaired) electrons. The Hall–Kier alpha value is -2.58. The molecule has 0 aliphatic carbocycles. The molecule has 1 heterocycles. The third-order valence-corrected chi connectivity index (χ3v) is 2.47. The molecular weight excluding hydrogens is 244 g/mol. The lowest BCUT2D eigenvalue weighted by Gasteiger charge is -2.05. The van der Waals surface area contributed by atoms with E-state index in [0.29, 0.717) is 0 Å². The summed E-state index contributed by atoms with van der Waals surface area (Å²) in [6, 6.07) is 9.68. The van der Waals surface area contributed by atoms with E-state index in [1.807, 2.05) is 18.2 Å². The Labute approximate surface area is 109 Å². The molecule has 5 heteroatoms. The van der Waals surface area contributed by atoms with E-state index in [1.165, 1.54) is 16.8 Å². The van der Waals surface area contributed by atoms with Gasteiger partial charge < -0.3 is 5.11 Å². The van der Waals surface area contributed by atoms with Gasteiger partial charge in [0, 0.05) is 17.7 Å². The second-order valence-corrected chi connectivity index (χ2v) is 3.89. The van der Waals surface area contributed by atoms with Gasteiger partial charge in [0.25, 0.3) is 11.1 Å². The summed E-state index contributed by atoms with van der Waals surface area (Å²) in [6.07, 6.45) is 0. The topological polar surface area (TPSA) is 75.1 Å². The Balaban J connectivity index is 2.31. The van der Waals surface area contributed by atoms with E-state index in [4.69, 9.17) is 5.11 Å². The molecule has 0 aliphatic heterocycles. The largest absolute Gasteiger partial charge is 0.384 e. The van der Waals surface area contributed by atoms with Crippen molar-refractivity contribution in [2.45, 2.75) is 6.54 Å². The molecule has 5 nitrogen and oxygen atoms in total. The zero-order chi connectivity index (χ0) is 13.7. The maximum Gasteiger partial charge on any atom is 0.265 e. The van der Waals surface area contributed by atoms with Crippen molar-refractivity contribution in [1.29, 1.82) is 0 Å². The minimum atomic E-state index is -0.323. The third-order valence-electron chi connectivity index (χ3n) is 2.47. The Morgan fingerprint density at radius 2 is 2.05 bits per heavy atom. The predicted molar refractivity (Wildman–Crippen MR) is 70.8 cm³/mol. The van der Waals surface area contributed by atoms with Crippen LogP contribution < -0.4 is 11.1 Å². The molecule has 0 unspecified atom stereocenters. The Bertz CT molecular complexity index is 747. The van der Waals surface area contributed by atoms with Crippen molar-refractivity contribution in [3.8, 4) is 11.8 Å². The number of nitrogens with zero attached hydrogens (tertiary/aromatic N) is 1. The molecule has 2 aromatic rings. The SMILES string of the molecule is O=c1ccc(=O)n(Cc2cccc(C#CCO)c2)[nH]1. The first-order chi connectivity index (χ1) is 9.19. The van der Waals surface area contributed by atoms with Gasteiger partial charge in [0.15, 0.2) is 0 Å². The summed E-state index contributed by atoms with van der Waals surface area (Å²) >= 11 is 0. The standard InChI is InChI=1S/C14H12N2O3/c17-8-2-5-11-3-1-4-12(9-11)10-16-14(19)7-6-13(18)15-16/h1,3-4,6-7,9,17H,8,10H2,(H,15,18). The number of benzene rings is 1. The lowest BCUT2D eigenvalue weighted by atomic mass is 10.1. The van der Waals surface area contributed by atoms with E-state index in [2.05, 4.69) is 16.9 Å². The zero-order valence-electron chi connectivity index (χ0n) is 10.1. The predicted octanol–water partition coefficient (Wildman–Crippen LogP) is -0.0713. The minimum absolute atomic E-state index is 0.199. The highest BCUT2D eigenvalue weighted by molar-refractivity contribution is 5.37. The molecule has 0 atom stereocenters. The number of rotatable bonds is 2. The normalized spacial score (nSPS) is 9.74. The molecule has 0 saturated carbocycles. The fourth-order valence-electron chi connectivity index (χ4n) is 1.65. The van der Waals surface area contributed by atoms with Crippen LogP contribution in [0.2, 0.25) is 0 Å². The van der Waals surface area contributed by atoms with Gasteiger partial charge in [0.05, 0.1) is 6.54 Å². The minimum Gasteiger partial charge on any atom is -0.384 e. The molecule has 2 rings (SSSR count). The number of H-pyrrole nitrogens is 1. The fraction of sp³-hybridized carbons (Fsp3) is 0.143. The number of nitrogens with one attached hydrogen (secondary N) is 1. The monoisotopic (exact) mass is 256 g/mol. The number of hydrogen-bond acceptors (Lipinski definition) is 3. The van der Waals surface area contributed by atoms with Gasteiger partial charge in [-0.1, -0.05) is 24.0 Å². The third kappa shape index (κ3) is 3.44. The molecule has 96 valence electrons. The van der Waals surface area contributed by atoms with E-state index in [0.717, 1.165) is 11.1 Å². The van der Waals surface area contributed by atoms with Crippen molar-refractivity contribution >= 4 is 0 Å². The van der Waals surface area contributed by atoms with Gasteiger partial charge in [-0.2, -0.15) is 0 Å². The average molecular weight is 256 g/mol. The summed E-state index contributed by atoms with van der Waals surface area (Å²) in [4.78, 5) is 22.7. The van der Waals surface area contributed by atoms with Gasteiger partial charge in [0.2, 0.25) is 0 Å². The number of hydrogen-bond donors (Lipinski definition) is 2. The number of aromatic nitrogens is 2. The van der Waals surface area contributed by atoms with Crippen LogP contribution in [0.1, 0.15) is 11.1 Å². The molecule has 0 spiro atoms. The van der Waals surface area contributed by atoms with Crippen LogP contribution >= 0.6 is 0 Å². The first-order valence-electron chi connectivity index (χ1n) is 5.68. The summed E-state index contributed by atoms with van der Waals surface area (Å²) in [6.45, 7) is 0.0687. The van der Waals surface area contributed by atoms with Gasteiger partial charge in [-0.3, -0.25) is 14.7 Å². The number of aromatic amines is 1. The molecule has 0 amide bonds. The maximum absolute atomic E-state index is 11.6. The van der Waals surface area contributed by atoms with E-state index in [1.54, 1.807) is 6.07 Å². The van der Waals surface area contributed by atoms with Crippen LogP contribution in [-0.2, 0) is 6.54 Å². The molecule has 0 saturated heterocycles. The van der Waals surface area contributed by atoms with Crippen molar-refractivity contribution in [2.75, 3.05) is 6.61 Å². The molecule has 0 aliphatic rings. The van der Waals surface area contributed by atoms with Crippen LogP contribution in [-0.4, -0.2) is 21.5 Å². The summed E-state index contributed by atoms with van der Waals surface area (Å²) in [7, 11) is 0. The van der Waals surface area contributed by atoms with Crippen molar-refractivity contribution in [3.05, 3.63) is 68.2 Å². The average Bonchev–Trinajstić information content (AvgIpc) is 2.41. The lowest BCUT2D eigenvalue weighted by Crippen LogP contribution is -2.28. The summed E-state index contributed by atoms with van der Waals surface area (Å²) in [5, 5.41) is 11.1. The van der Waals surface area contributed by atoms with Crippen LogP contribution in [0.15, 0.2) is 46.0 Å². The Morgan fingerprint density at radius 1 is 1.21 bits per heavy atom. The summed E-state index contributed by atoms with van der Waals surface area (Å²) in [5.41, 5.74) is 0.994. The molecule has 2 N–H and O–H groups in total. The maximum atomic E-state index is 11.6. The smallest absolute Gasteiger partial charge is 0.265 e. The molecular formula is C14H12N2O3. The Morgan fingerprint density at radius 3 is 2.84 bits per heavy atom. The number of aliphatic hydroxyl groups is 1. The molecule has 0 bridgehead atoms. The molecule has 0 fully saturated rings. The Kier molecular flexibility index (Phi) is 3.96. The van der Waals surface area contributed by atoms with Crippen molar-refractivity contribution in [1.82, 2.24) is 9.78 Å². The van der Waals surface area contributed by atoms with Crippen molar-refractivity contribution < 1.29 is 5.11 Å². The summed E-state index contributed by atoms with van der Waals surface area (Å²) < 4.78 is 1.24. The van der Waals surface area contributed by atoms with Crippen molar-refractivity contribution in [3.63, 3.8) is 0 Å². The quantitative estimate of drug-likeness (QED) is 0.738. The molecule has 19 heavy (non-hydrogen) atoms. The van der Waals surface area contributed by atoms with Gasteiger partial charge in [0.1, 0.15) is 6.61 Å². The first kappa shape index (κ1) is 12.9. The number of aliphatic hydroxyl groups excluding tert-OH is 1. The second-order valence-electron chi connectivity index (χ2n) is 3.89. The van der Waals surface area contributed by atoms with Crippen LogP contribution in [0.5, 0.6) is 0 Å². The van der Waals surface area contributed by atoms with Gasteiger partial charge >= 0.3 is 0 Å². The first-order valence-corrected chi connectivity index (χ1v) is 5.68.